The van der Waals surface area contributed by atoms with Crippen LogP contribution in [-0.4, -0.2) is 11.3 Å². The number of nitrogen functional groups attached to an aromatic ring is 1. The van der Waals surface area contributed by atoms with Crippen LogP contribution in [0.2, 0.25) is 0 Å². The summed E-state index contributed by atoms with van der Waals surface area (Å²) in [7, 11) is 0. The van der Waals surface area contributed by atoms with Gasteiger partial charge in [0, 0.05) is 11.3 Å². The molecule has 0 aliphatic carbocycles. The third kappa shape index (κ3) is 3.13. The first kappa shape index (κ1) is 12.2. The molecule has 0 aliphatic rings. The summed E-state index contributed by atoms with van der Waals surface area (Å²) in [5.74, 6) is -0.346. The van der Waals surface area contributed by atoms with Gasteiger partial charge in [-0.05, 0) is 24.3 Å². The molecule has 0 fully saturated rings. The van der Waals surface area contributed by atoms with Crippen molar-refractivity contribution >= 4 is 5.69 Å². The third-order valence-electron chi connectivity index (χ3n) is 2.18. The van der Waals surface area contributed by atoms with Crippen molar-refractivity contribution in [1.82, 2.24) is 4.98 Å². The zero-order valence-electron chi connectivity index (χ0n) is 9.11. The fraction of sp³-hybridized carbons (Fsp3) is 0.0833. The van der Waals surface area contributed by atoms with Gasteiger partial charge in [-0.25, -0.2) is 0 Å². The lowest BCUT2D eigenvalue weighted by Crippen LogP contribution is -2.17. The summed E-state index contributed by atoms with van der Waals surface area (Å²) in [6.45, 7) is 0. The maximum atomic E-state index is 11.9. The van der Waals surface area contributed by atoms with Gasteiger partial charge < -0.3 is 10.5 Å². The molecular formula is C12H9F3N2O. The van der Waals surface area contributed by atoms with Crippen LogP contribution in [0.4, 0.5) is 18.9 Å². The van der Waals surface area contributed by atoms with Crippen LogP contribution in [0.25, 0.3) is 11.3 Å². The van der Waals surface area contributed by atoms with Crippen LogP contribution in [0, 0.1) is 0 Å². The Bertz CT molecular complexity index is 521. The van der Waals surface area contributed by atoms with Crippen LogP contribution in [-0.2, 0) is 0 Å². The van der Waals surface area contributed by atoms with Crippen LogP contribution in [0.15, 0.2) is 42.6 Å². The third-order valence-corrected chi connectivity index (χ3v) is 2.18. The highest BCUT2D eigenvalue weighted by Crippen LogP contribution is 2.24. The predicted molar refractivity (Wildman–Crippen MR) is 60.8 cm³/mol. The second-order valence-corrected chi connectivity index (χ2v) is 3.55. The Hall–Kier alpha value is -2.24. The first-order valence-electron chi connectivity index (χ1n) is 5.02. The molecule has 0 saturated heterocycles. The van der Waals surface area contributed by atoms with Gasteiger partial charge in [-0.3, -0.25) is 4.98 Å². The average molecular weight is 254 g/mol. The van der Waals surface area contributed by atoms with Crippen LogP contribution >= 0.6 is 0 Å². The molecule has 1 heterocycles. The summed E-state index contributed by atoms with van der Waals surface area (Å²) in [4.78, 5) is 3.90. The molecule has 0 bridgehead atoms. The molecule has 3 nitrogen and oxygen atoms in total. The van der Waals surface area contributed by atoms with Crippen molar-refractivity contribution in [1.29, 1.82) is 0 Å². The SMILES string of the molecule is Nc1ccc(-c2ccc(OC(F)(F)F)cn2)cc1. The molecule has 2 aromatic rings. The van der Waals surface area contributed by atoms with Gasteiger partial charge in [-0.15, -0.1) is 13.2 Å². The Morgan fingerprint density at radius 2 is 1.67 bits per heavy atom. The van der Waals surface area contributed by atoms with E-state index in [1.165, 1.54) is 12.1 Å². The Morgan fingerprint density at radius 1 is 1.00 bits per heavy atom. The molecule has 1 aromatic carbocycles. The minimum Gasteiger partial charge on any atom is -0.404 e. The molecule has 1 aromatic heterocycles. The van der Waals surface area contributed by atoms with E-state index < -0.39 is 6.36 Å². The zero-order chi connectivity index (χ0) is 13.2. The summed E-state index contributed by atoms with van der Waals surface area (Å²) < 4.78 is 39.6. The Labute approximate surface area is 101 Å². The first-order chi connectivity index (χ1) is 8.44. The number of pyridine rings is 1. The van der Waals surface area contributed by atoms with Gasteiger partial charge in [0.15, 0.2) is 0 Å². The van der Waals surface area contributed by atoms with Gasteiger partial charge in [0.05, 0.1) is 11.9 Å². The molecule has 2 rings (SSSR count). The average Bonchev–Trinajstić information content (AvgIpc) is 2.29. The van der Waals surface area contributed by atoms with Gasteiger partial charge in [-0.1, -0.05) is 12.1 Å². The fourth-order valence-electron chi connectivity index (χ4n) is 1.40. The van der Waals surface area contributed by atoms with Crippen molar-refractivity contribution in [2.75, 3.05) is 5.73 Å². The summed E-state index contributed by atoms with van der Waals surface area (Å²) in [6, 6.07) is 9.52. The predicted octanol–water partition coefficient (Wildman–Crippen LogP) is 3.23. The number of benzene rings is 1. The number of hydrogen-bond acceptors (Lipinski definition) is 3. The van der Waals surface area contributed by atoms with E-state index in [9.17, 15) is 13.2 Å². The molecule has 6 heteroatoms. The Balaban J connectivity index is 2.20. The lowest BCUT2D eigenvalue weighted by molar-refractivity contribution is -0.274. The number of aromatic nitrogens is 1. The first-order valence-corrected chi connectivity index (χ1v) is 5.02. The smallest absolute Gasteiger partial charge is 0.404 e. The Kier molecular flexibility index (Phi) is 3.10. The maximum absolute atomic E-state index is 11.9. The quantitative estimate of drug-likeness (QED) is 0.837. The van der Waals surface area contributed by atoms with Crippen molar-refractivity contribution in [3.8, 4) is 17.0 Å². The van der Waals surface area contributed by atoms with Crippen molar-refractivity contribution in [3.63, 3.8) is 0 Å². The van der Waals surface area contributed by atoms with E-state index >= 15 is 0 Å². The van der Waals surface area contributed by atoms with E-state index in [2.05, 4.69) is 9.72 Å². The second-order valence-electron chi connectivity index (χ2n) is 3.55. The van der Waals surface area contributed by atoms with Gasteiger partial charge in [0.25, 0.3) is 0 Å². The summed E-state index contributed by atoms with van der Waals surface area (Å²) >= 11 is 0. The number of hydrogen-bond donors (Lipinski definition) is 1. The van der Waals surface area contributed by atoms with Gasteiger partial charge in [-0.2, -0.15) is 0 Å². The van der Waals surface area contributed by atoms with Gasteiger partial charge in [0.1, 0.15) is 5.75 Å². The molecule has 0 amide bonds. The van der Waals surface area contributed by atoms with Crippen molar-refractivity contribution in [2.45, 2.75) is 6.36 Å². The maximum Gasteiger partial charge on any atom is 0.573 e. The largest absolute Gasteiger partial charge is 0.573 e. The number of nitrogens with zero attached hydrogens (tertiary/aromatic N) is 1. The molecule has 0 atom stereocenters. The highest BCUT2D eigenvalue weighted by Gasteiger charge is 2.31. The van der Waals surface area contributed by atoms with Crippen LogP contribution in [0.5, 0.6) is 5.75 Å². The number of ether oxygens (including phenoxy) is 1. The van der Waals surface area contributed by atoms with Crippen LogP contribution in [0.3, 0.4) is 0 Å². The van der Waals surface area contributed by atoms with E-state index in [1.54, 1.807) is 24.3 Å². The van der Waals surface area contributed by atoms with Gasteiger partial charge >= 0.3 is 6.36 Å². The van der Waals surface area contributed by atoms with Gasteiger partial charge in [0.2, 0.25) is 0 Å². The highest BCUT2D eigenvalue weighted by atomic mass is 19.4. The molecule has 0 radical (unpaired) electrons. The number of nitrogens with two attached hydrogens (primary N) is 1. The van der Waals surface area contributed by atoms with E-state index in [0.717, 1.165) is 11.8 Å². The lowest BCUT2D eigenvalue weighted by Gasteiger charge is -2.08. The van der Waals surface area contributed by atoms with Crippen molar-refractivity contribution < 1.29 is 17.9 Å². The number of alkyl halides is 3. The van der Waals surface area contributed by atoms with E-state index in [0.29, 0.717) is 11.4 Å². The van der Waals surface area contributed by atoms with Crippen LogP contribution < -0.4 is 10.5 Å². The number of rotatable bonds is 2. The second kappa shape index (κ2) is 4.56. The molecule has 0 unspecified atom stereocenters. The fourth-order valence-corrected chi connectivity index (χ4v) is 1.40. The van der Waals surface area contributed by atoms with E-state index in [1.807, 2.05) is 0 Å². The van der Waals surface area contributed by atoms with E-state index in [-0.39, 0.29) is 5.75 Å². The molecule has 0 spiro atoms. The minimum absolute atomic E-state index is 0.346. The molecular weight excluding hydrogens is 245 g/mol. The van der Waals surface area contributed by atoms with E-state index in [4.69, 9.17) is 5.73 Å². The molecule has 0 saturated carbocycles. The van der Waals surface area contributed by atoms with Crippen molar-refractivity contribution in [2.24, 2.45) is 0 Å². The normalized spacial score (nSPS) is 11.3. The number of anilines is 1. The Morgan fingerprint density at radius 3 is 2.17 bits per heavy atom. The highest BCUT2D eigenvalue weighted by molar-refractivity contribution is 5.62. The van der Waals surface area contributed by atoms with Crippen molar-refractivity contribution in [3.05, 3.63) is 42.6 Å². The molecule has 0 aliphatic heterocycles. The summed E-state index contributed by atoms with van der Waals surface area (Å²) in [5, 5.41) is 0. The molecule has 2 N–H and O–H groups in total. The zero-order valence-corrected chi connectivity index (χ0v) is 9.11. The van der Waals surface area contributed by atoms with Crippen LogP contribution in [0.1, 0.15) is 0 Å². The number of halogens is 3. The molecule has 18 heavy (non-hydrogen) atoms. The monoisotopic (exact) mass is 254 g/mol. The molecule has 94 valence electrons. The topological polar surface area (TPSA) is 48.1 Å². The standard InChI is InChI=1S/C12H9F3N2O/c13-12(14,15)18-10-5-6-11(17-7-10)8-1-3-9(16)4-2-8/h1-7H,16H2. The summed E-state index contributed by atoms with van der Waals surface area (Å²) in [6.07, 6.45) is -3.68. The summed E-state index contributed by atoms with van der Waals surface area (Å²) in [5.41, 5.74) is 7.45. The minimum atomic E-state index is -4.70. The lowest BCUT2D eigenvalue weighted by atomic mass is 10.1.